The normalized spacial score (nSPS) is 11.3. The van der Waals surface area contributed by atoms with Gasteiger partial charge in [0.25, 0.3) is 0 Å². The minimum atomic E-state index is -0.294. The second-order valence-corrected chi connectivity index (χ2v) is 10.8. The number of benzene rings is 2. The minimum absolute atomic E-state index is 0.0688. The van der Waals surface area contributed by atoms with Crippen molar-refractivity contribution < 1.29 is 14.3 Å². The molecule has 0 bridgehead atoms. The lowest BCUT2D eigenvalue weighted by atomic mass is 10.1. The predicted octanol–water partition coefficient (Wildman–Crippen LogP) is 5.62. The molecule has 194 valence electrons. The lowest BCUT2D eigenvalue weighted by Gasteiger charge is -2.20. The Labute approximate surface area is 226 Å². The van der Waals surface area contributed by atoms with Crippen LogP contribution in [-0.2, 0) is 17.9 Å². The molecule has 2 N–H and O–H groups in total. The van der Waals surface area contributed by atoms with Gasteiger partial charge in [0.2, 0.25) is 11.1 Å². The molecular weight excluding hydrogens is 521 g/mol. The minimum Gasteiger partial charge on any atom is -0.490 e. The van der Waals surface area contributed by atoms with Crippen LogP contribution in [0.2, 0.25) is 10.0 Å². The van der Waals surface area contributed by atoms with Crippen molar-refractivity contribution in [2.24, 2.45) is 0 Å². The number of hydrogen-bond acceptors (Lipinski definition) is 7. The number of thioether (sulfide) groups is 1. The first kappa shape index (κ1) is 28.0. The summed E-state index contributed by atoms with van der Waals surface area (Å²) in [4.78, 5) is 12.2. The Kier molecular flexibility index (Phi) is 9.76. The number of amides is 1. The van der Waals surface area contributed by atoms with E-state index in [0.29, 0.717) is 45.7 Å². The Morgan fingerprint density at radius 2 is 1.89 bits per heavy atom. The molecule has 1 heterocycles. The van der Waals surface area contributed by atoms with Gasteiger partial charge in [-0.15, -0.1) is 10.2 Å². The van der Waals surface area contributed by atoms with Crippen LogP contribution in [0.5, 0.6) is 11.5 Å². The van der Waals surface area contributed by atoms with Crippen LogP contribution in [-0.4, -0.2) is 38.7 Å². The van der Waals surface area contributed by atoms with Crippen molar-refractivity contribution >= 4 is 40.9 Å². The van der Waals surface area contributed by atoms with Crippen molar-refractivity contribution in [2.45, 2.75) is 58.5 Å². The van der Waals surface area contributed by atoms with Gasteiger partial charge >= 0.3 is 0 Å². The highest BCUT2D eigenvalue weighted by Crippen LogP contribution is 2.33. The predicted molar refractivity (Wildman–Crippen MR) is 145 cm³/mol. The molecular formula is C25H31Cl2N5O3S. The van der Waals surface area contributed by atoms with E-state index >= 15 is 0 Å². The van der Waals surface area contributed by atoms with Gasteiger partial charge in [0, 0.05) is 26.7 Å². The molecule has 0 aliphatic carbocycles. The first-order chi connectivity index (χ1) is 17.1. The summed E-state index contributed by atoms with van der Waals surface area (Å²) in [6, 6.07) is 11.0. The summed E-state index contributed by atoms with van der Waals surface area (Å²) in [6.07, 6.45) is 0. The Bertz CT molecular complexity index is 1200. The number of nitrogens with one attached hydrogen (secondary N) is 2. The van der Waals surface area contributed by atoms with Crippen LogP contribution in [0.1, 0.15) is 44.6 Å². The van der Waals surface area contributed by atoms with Crippen molar-refractivity contribution in [2.75, 3.05) is 17.8 Å². The molecule has 1 aromatic heterocycles. The zero-order valence-corrected chi connectivity index (χ0v) is 23.4. The largest absolute Gasteiger partial charge is 0.490 e. The molecule has 1 amide bonds. The summed E-state index contributed by atoms with van der Waals surface area (Å²) in [7, 11) is 0. The van der Waals surface area contributed by atoms with Crippen molar-refractivity contribution in [1.82, 2.24) is 20.2 Å². The molecule has 0 unspecified atom stereocenters. The highest BCUT2D eigenvalue weighted by molar-refractivity contribution is 7.99. The average molecular weight is 553 g/mol. The zero-order valence-electron chi connectivity index (χ0n) is 21.0. The van der Waals surface area contributed by atoms with Gasteiger partial charge in [-0.05, 0) is 52.8 Å². The third-order valence-electron chi connectivity index (χ3n) is 4.82. The van der Waals surface area contributed by atoms with Gasteiger partial charge in [0.15, 0.2) is 11.5 Å². The molecule has 0 saturated heterocycles. The van der Waals surface area contributed by atoms with Crippen molar-refractivity contribution in [3.05, 3.63) is 63.4 Å². The van der Waals surface area contributed by atoms with E-state index in [1.807, 2.05) is 58.9 Å². The van der Waals surface area contributed by atoms with Crippen LogP contribution >= 0.6 is 35.0 Å². The third kappa shape index (κ3) is 7.94. The van der Waals surface area contributed by atoms with Crippen molar-refractivity contribution in [3.8, 4) is 11.5 Å². The van der Waals surface area contributed by atoms with E-state index in [9.17, 15) is 4.79 Å². The number of carbonyl (C=O) groups is 1. The number of hydrogen-bond donors (Lipinski definition) is 2. The molecule has 0 radical (unpaired) electrons. The monoisotopic (exact) mass is 551 g/mol. The number of carbonyl (C=O) groups excluding carboxylic acids is 1. The van der Waals surface area contributed by atoms with Crippen LogP contribution in [0, 0.1) is 6.92 Å². The fraction of sp³-hybridized carbons (Fsp3) is 0.400. The number of halogens is 2. The Morgan fingerprint density at radius 1 is 1.11 bits per heavy atom. The van der Waals surface area contributed by atoms with Gasteiger partial charge in [0.1, 0.15) is 12.4 Å². The number of para-hydroxylation sites is 1. The first-order valence-corrected chi connectivity index (χ1v) is 13.2. The molecule has 8 nitrogen and oxygen atoms in total. The zero-order chi connectivity index (χ0) is 26.3. The maximum atomic E-state index is 12.2. The second-order valence-electron chi connectivity index (χ2n) is 8.99. The van der Waals surface area contributed by atoms with Gasteiger partial charge in [-0.1, -0.05) is 53.2 Å². The van der Waals surface area contributed by atoms with E-state index in [2.05, 4.69) is 20.9 Å². The number of rotatable bonds is 11. The summed E-state index contributed by atoms with van der Waals surface area (Å²) in [6.45, 7) is 10.8. The maximum absolute atomic E-state index is 12.2. The Morgan fingerprint density at radius 3 is 2.58 bits per heavy atom. The van der Waals surface area contributed by atoms with Crippen molar-refractivity contribution in [3.63, 3.8) is 0 Å². The SMILES string of the molecule is CCOc1cccc(CNn2c(C)nnc2SCC(=O)NC(C)(C)C)c1OCc1ccc(Cl)cc1Cl. The Hall–Kier alpha value is -2.62. The molecule has 0 saturated carbocycles. The van der Waals surface area contributed by atoms with E-state index < -0.39 is 0 Å². The first-order valence-electron chi connectivity index (χ1n) is 11.5. The molecule has 2 aromatic carbocycles. The average Bonchev–Trinajstić information content (AvgIpc) is 3.15. The lowest BCUT2D eigenvalue weighted by Crippen LogP contribution is -2.41. The van der Waals surface area contributed by atoms with E-state index in [4.69, 9.17) is 32.7 Å². The number of aromatic nitrogens is 3. The van der Waals surface area contributed by atoms with Gasteiger partial charge in [-0.3, -0.25) is 4.79 Å². The van der Waals surface area contributed by atoms with Crippen molar-refractivity contribution in [1.29, 1.82) is 0 Å². The summed E-state index contributed by atoms with van der Waals surface area (Å²) in [5.41, 5.74) is 4.73. The fourth-order valence-corrected chi connectivity index (χ4v) is 4.51. The molecule has 36 heavy (non-hydrogen) atoms. The van der Waals surface area contributed by atoms with E-state index in [0.717, 1.165) is 11.1 Å². The van der Waals surface area contributed by atoms with E-state index in [1.54, 1.807) is 16.8 Å². The highest BCUT2D eigenvalue weighted by Gasteiger charge is 2.18. The fourth-order valence-electron chi connectivity index (χ4n) is 3.29. The summed E-state index contributed by atoms with van der Waals surface area (Å²) < 4.78 is 13.8. The lowest BCUT2D eigenvalue weighted by molar-refractivity contribution is -0.119. The number of nitrogens with zero attached hydrogens (tertiary/aromatic N) is 3. The van der Waals surface area contributed by atoms with Crippen LogP contribution in [0.25, 0.3) is 0 Å². The second kappa shape index (κ2) is 12.6. The van der Waals surface area contributed by atoms with Gasteiger partial charge < -0.3 is 20.2 Å². The Balaban J connectivity index is 1.74. The maximum Gasteiger partial charge on any atom is 0.230 e. The smallest absolute Gasteiger partial charge is 0.230 e. The molecule has 3 rings (SSSR count). The highest BCUT2D eigenvalue weighted by atomic mass is 35.5. The summed E-state index contributed by atoms with van der Waals surface area (Å²) in [5.74, 6) is 2.08. The van der Waals surface area contributed by atoms with Crippen LogP contribution in [0.3, 0.4) is 0 Å². The van der Waals surface area contributed by atoms with Crippen LogP contribution in [0.4, 0.5) is 0 Å². The van der Waals surface area contributed by atoms with Gasteiger partial charge in [0.05, 0.1) is 18.9 Å². The molecule has 0 aliphatic heterocycles. The number of aryl methyl sites for hydroxylation is 1. The topological polar surface area (TPSA) is 90.3 Å². The molecule has 0 fully saturated rings. The van der Waals surface area contributed by atoms with Crippen LogP contribution in [0.15, 0.2) is 41.6 Å². The van der Waals surface area contributed by atoms with Gasteiger partial charge in [-0.2, -0.15) is 0 Å². The van der Waals surface area contributed by atoms with E-state index in [-0.39, 0.29) is 23.8 Å². The van der Waals surface area contributed by atoms with Gasteiger partial charge in [-0.25, -0.2) is 4.68 Å². The molecule has 0 spiro atoms. The van der Waals surface area contributed by atoms with E-state index in [1.165, 1.54) is 11.8 Å². The molecule has 3 aromatic rings. The summed E-state index contributed by atoms with van der Waals surface area (Å²) >= 11 is 13.7. The summed E-state index contributed by atoms with van der Waals surface area (Å²) in [5, 5.41) is 13.0. The third-order valence-corrected chi connectivity index (χ3v) is 6.33. The molecule has 0 aliphatic rings. The standard InChI is InChI=1S/C25H31Cl2N5O3S/c1-6-34-21-9-7-8-17(23(21)35-14-18-10-11-19(26)12-20(18)27)13-28-32-16(2)30-31-24(32)36-15-22(33)29-25(3,4)5/h7-12,28H,6,13-15H2,1-5H3,(H,29,33). The molecule has 0 atom stereocenters. The van der Waals surface area contributed by atoms with Crippen LogP contribution < -0.4 is 20.2 Å². The quantitative estimate of drug-likeness (QED) is 0.299. The number of ether oxygens (including phenoxy) is 2. The molecule has 11 heteroatoms.